The fourth-order valence-corrected chi connectivity index (χ4v) is 11.5. The first kappa shape index (κ1) is 17.5. The van der Waals surface area contributed by atoms with Crippen LogP contribution < -0.4 is 37.2 Å². The molecule has 0 aromatic carbocycles. The van der Waals surface area contributed by atoms with Gasteiger partial charge in [-0.15, -0.1) is 0 Å². The number of allylic oxidation sites excluding steroid dienone is 1. The van der Waals surface area contributed by atoms with E-state index < -0.39 is 0 Å². The Morgan fingerprint density at radius 3 is 2.00 bits per heavy atom. The van der Waals surface area contributed by atoms with E-state index in [1.165, 1.54) is 0 Å². The van der Waals surface area contributed by atoms with Crippen molar-refractivity contribution >= 4 is 28.9 Å². The van der Waals surface area contributed by atoms with Crippen LogP contribution in [0.2, 0.25) is 0 Å². The summed E-state index contributed by atoms with van der Waals surface area (Å²) in [7, 11) is 0. The molecule has 0 N–H and O–H groups in total. The molecular weight excluding hydrogens is 383 g/mol. The summed E-state index contributed by atoms with van der Waals surface area (Å²) in [4.78, 5) is 2.41. The minimum absolute atomic E-state index is 0. The Balaban J connectivity index is -0.000000120. The summed E-state index contributed by atoms with van der Waals surface area (Å²) >= 11 is 2.93. The first-order valence-electron chi connectivity index (χ1n) is 1.61. The van der Waals surface area contributed by atoms with Crippen LogP contribution in [0.3, 0.4) is 0 Å². The molecule has 1 aliphatic rings. The van der Waals surface area contributed by atoms with Crippen LogP contribution in [0.15, 0.2) is 10.9 Å². The predicted molar refractivity (Wildman–Crippen MR) is 27.0 cm³/mol. The quantitative estimate of drug-likeness (QED) is 0.363. The zero-order chi connectivity index (χ0) is 4.41. The van der Waals surface area contributed by atoms with Gasteiger partial charge in [0.25, 0.3) is 0 Å². The van der Waals surface area contributed by atoms with Gasteiger partial charge in [0, 0.05) is 0 Å². The van der Waals surface area contributed by atoms with Crippen LogP contribution >= 0.6 is 0 Å². The van der Waals surface area contributed by atoms with E-state index in [1.807, 2.05) is 0 Å². The SMILES string of the molecule is [Cl-].[Cl-].[Cl-].[Zr+3][C]1=[As][AsH]C=C1. The van der Waals surface area contributed by atoms with E-state index in [1.54, 1.807) is 26.7 Å². The Bertz CT molecular complexity index is 111. The molecule has 0 aliphatic carbocycles. The van der Waals surface area contributed by atoms with Crippen molar-refractivity contribution in [2.75, 3.05) is 0 Å². The van der Waals surface area contributed by atoms with E-state index in [0.717, 1.165) is 13.2 Å². The summed E-state index contributed by atoms with van der Waals surface area (Å²) in [5.74, 6) is 0. The first-order chi connectivity index (χ1) is 2.89. The third-order valence-electron chi connectivity index (χ3n) is 0.501. The third kappa shape index (κ3) is 8.39. The molecule has 0 saturated heterocycles. The second-order valence-corrected chi connectivity index (χ2v) is 12.5. The molecule has 0 nitrogen and oxygen atoms in total. The zero-order valence-corrected chi connectivity index (χ0v) is 12.9. The third-order valence-corrected chi connectivity index (χ3v) is 15.7. The molecule has 50 valence electrons. The maximum absolute atomic E-state index is 2.41. The van der Waals surface area contributed by atoms with Gasteiger partial charge in [0.05, 0.1) is 0 Å². The molecule has 1 aliphatic heterocycles. The van der Waals surface area contributed by atoms with Crippen molar-refractivity contribution < 1.29 is 61.9 Å². The van der Waals surface area contributed by atoms with Gasteiger partial charge >= 0.3 is 64.6 Å². The van der Waals surface area contributed by atoms with E-state index in [4.69, 9.17) is 0 Å². The van der Waals surface area contributed by atoms with Gasteiger partial charge in [-0.1, -0.05) is 0 Å². The molecule has 6 heteroatoms. The van der Waals surface area contributed by atoms with Crippen LogP contribution in [0.4, 0.5) is 0 Å². The van der Waals surface area contributed by atoms with E-state index >= 15 is 0 Å². The number of rotatable bonds is 0. The molecule has 0 amide bonds. The van der Waals surface area contributed by atoms with Crippen molar-refractivity contribution in [1.82, 2.24) is 0 Å². The molecule has 1 heterocycles. The summed E-state index contributed by atoms with van der Waals surface area (Å²) in [6, 6.07) is 0. The predicted octanol–water partition coefficient (Wildman–Crippen LogP) is -9.74. The van der Waals surface area contributed by atoms with Crippen LogP contribution in [-0.4, -0.2) is 28.9 Å². The molecule has 0 fully saturated rings. The van der Waals surface area contributed by atoms with E-state index in [2.05, 4.69) is 10.9 Å². The first-order valence-corrected chi connectivity index (χ1v) is 10.8. The van der Waals surface area contributed by atoms with Gasteiger partial charge in [0.15, 0.2) is 0 Å². The molecule has 0 bridgehead atoms. The Morgan fingerprint density at radius 1 is 1.33 bits per heavy atom. The van der Waals surface area contributed by atoms with Crippen molar-refractivity contribution in [3.63, 3.8) is 0 Å². The van der Waals surface area contributed by atoms with Crippen LogP contribution in [0.25, 0.3) is 0 Å². The van der Waals surface area contributed by atoms with Gasteiger partial charge in [-0.25, -0.2) is 0 Å². The molecule has 0 aromatic rings. The normalized spacial score (nSPS) is 16.9. The number of hydrogen-bond acceptors (Lipinski definition) is 0. The van der Waals surface area contributed by atoms with Crippen molar-refractivity contribution in [2.45, 2.75) is 0 Å². The molecule has 9 heavy (non-hydrogen) atoms. The molecule has 1 atom stereocenters. The molecule has 1 rings (SSSR count). The Morgan fingerprint density at radius 2 is 1.89 bits per heavy atom. The summed E-state index contributed by atoms with van der Waals surface area (Å²) in [5.41, 5.74) is 0. The second-order valence-electron chi connectivity index (χ2n) is 0.959. The monoisotopic (exact) mass is 384 g/mol. The van der Waals surface area contributed by atoms with Crippen molar-refractivity contribution in [3.05, 3.63) is 10.9 Å². The van der Waals surface area contributed by atoms with E-state index in [-0.39, 0.29) is 37.2 Å². The summed E-state index contributed by atoms with van der Waals surface area (Å²) < 4.78 is 1.76. The van der Waals surface area contributed by atoms with Gasteiger partial charge in [-0.2, -0.15) is 0 Å². The standard InChI is InChI=1S/C3H3As2.3ClH.Zr/c1-2-4-5-3-1;;;;/h1-2,4H;3*1H;/q;;;;+3/p-3. The fraction of sp³-hybridized carbons (Fsp3) is 0. The number of halogens is 3. The van der Waals surface area contributed by atoms with Crippen molar-refractivity contribution in [1.29, 1.82) is 0 Å². The van der Waals surface area contributed by atoms with Crippen molar-refractivity contribution in [2.24, 2.45) is 0 Å². The molecule has 1 unspecified atom stereocenters. The van der Waals surface area contributed by atoms with Gasteiger partial charge in [0.1, 0.15) is 0 Å². The minimum atomic E-state index is 0. The zero-order valence-electron chi connectivity index (χ0n) is 4.24. The Hall–Kier alpha value is 2.48. The summed E-state index contributed by atoms with van der Waals surface area (Å²) in [5, 5.41) is 0. The fourth-order valence-electron chi connectivity index (χ4n) is 0.260. The van der Waals surface area contributed by atoms with Crippen LogP contribution in [0.1, 0.15) is 0 Å². The molecule has 0 aromatic heterocycles. The molecule has 0 saturated carbocycles. The summed E-state index contributed by atoms with van der Waals surface area (Å²) in [6.45, 7) is 0. The van der Waals surface area contributed by atoms with Crippen molar-refractivity contribution in [3.8, 4) is 0 Å². The van der Waals surface area contributed by atoms with Gasteiger partial charge in [-0.3, -0.25) is 0 Å². The second kappa shape index (κ2) is 10.5. The van der Waals surface area contributed by atoms with Gasteiger partial charge < -0.3 is 37.2 Å². The molecular formula is C3H3As2Cl3Zr. The topological polar surface area (TPSA) is 0 Å². The van der Waals surface area contributed by atoms with Crippen LogP contribution in [0.5, 0.6) is 0 Å². The molecule has 0 radical (unpaired) electrons. The number of hydrogen-bond donors (Lipinski definition) is 0. The van der Waals surface area contributed by atoms with Crippen LogP contribution in [0, 0.1) is 0 Å². The Labute approximate surface area is 100 Å². The van der Waals surface area contributed by atoms with E-state index in [0.29, 0.717) is 13.7 Å². The van der Waals surface area contributed by atoms with Gasteiger partial charge in [0.2, 0.25) is 0 Å². The Kier molecular flexibility index (Phi) is 20.4. The van der Waals surface area contributed by atoms with Gasteiger partial charge in [-0.05, 0) is 0 Å². The average molecular weight is 386 g/mol. The maximum atomic E-state index is 2.41. The van der Waals surface area contributed by atoms with Crippen LogP contribution in [-0.2, 0) is 24.7 Å². The molecule has 0 spiro atoms. The summed E-state index contributed by atoms with van der Waals surface area (Å²) in [6.07, 6.45) is 2.33. The average Bonchev–Trinajstić information content (AvgIpc) is 1.86. The van der Waals surface area contributed by atoms with E-state index in [9.17, 15) is 0 Å².